The Kier molecular flexibility index (Phi) is 4.61. The molecule has 0 spiro atoms. The van der Waals surface area contributed by atoms with Crippen molar-refractivity contribution in [2.45, 2.75) is 26.1 Å². The number of rotatable bonds is 5. The van der Waals surface area contributed by atoms with Crippen LogP contribution in [0.1, 0.15) is 28.4 Å². The van der Waals surface area contributed by atoms with Crippen molar-refractivity contribution in [1.82, 2.24) is 0 Å². The van der Waals surface area contributed by atoms with Gasteiger partial charge in [0.1, 0.15) is 12.2 Å². The Morgan fingerprint density at radius 1 is 1.14 bits per heavy atom. The van der Waals surface area contributed by atoms with E-state index in [1.807, 2.05) is 6.07 Å². The Hall–Kier alpha value is -1.90. The molecule has 0 fully saturated rings. The maximum Gasteiger partial charge on any atom is 0.109 e. The zero-order valence-electron chi connectivity index (χ0n) is 12.9. The molecule has 2 atom stereocenters. The number of fused-ring (bicyclic) bond motifs is 1. The van der Waals surface area contributed by atoms with Gasteiger partial charge in [-0.15, -0.1) is 6.58 Å². The molecule has 0 radical (unpaired) electrons. The molecule has 2 rings (SSSR count). The number of benzene rings is 2. The van der Waals surface area contributed by atoms with Crippen molar-refractivity contribution in [2.75, 3.05) is 7.11 Å². The van der Waals surface area contributed by atoms with Gasteiger partial charge in [0.05, 0.1) is 0 Å². The summed E-state index contributed by atoms with van der Waals surface area (Å²) < 4.78 is 5.29. The first kappa shape index (κ1) is 15.5. The highest BCUT2D eigenvalue weighted by molar-refractivity contribution is 5.94. The summed E-state index contributed by atoms with van der Waals surface area (Å²) in [5.41, 5.74) is 4.09. The Morgan fingerprint density at radius 2 is 1.86 bits per heavy atom. The molecule has 0 aromatic heterocycles. The number of hydrogen-bond acceptors (Lipinski definition) is 2. The SMILES string of the molecule is C=Cc1c([C@@H](O)[C@@H](C=C)OC)cc(C)c2ccc(C)cc12. The lowest BCUT2D eigenvalue weighted by atomic mass is 9.90. The van der Waals surface area contributed by atoms with Crippen LogP contribution in [0.4, 0.5) is 0 Å². The van der Waals surface area contributed by atoms with Gasteiger partial charge in [0.25, 0.3) is 0 Å². The number of methoxy groups -OCH3 is 1. The highest BCUT2D eigenvalue weighted by atomic mass is 16.5. The van der Waals surface area contributed by atoms with Crippen LogP contribution in [0.25, 0.3) is 16.8 Å². The molecule has 110 valence electrons. The van der Waals surface area contributed by atoms with Crippen LogP contribution in [0.2, 0.25) is 0 Å². The van der Waals surface area contributed by atoms with Crippen LogP contribution in [0.3, 0.4) is 0 Å². The van der Waals surface area contributed by atoms with E-state index in [9.17, 15) is 5.11 Å². The summed E-state index contributed by atoms with van der Waals surface area (Å²) in [6.45, 7) is 11.8. The highest BCUT2D eigenvalue weighted by Gasteiger charge is 2.21. The van der Waals surface area contributed by atoms with Gasteiger partial charge in [0.15, 0.2) is 0 Å². The number of ether oxygens (including phenoxy) is 1. The van der Waals surface area contributed by atoms with Crippen molar-refractivity contribution in [1.29, 1.82) is 0 Å². The van der Waals surface area contributed by atoms with E-state index in [0.29, 0.717) is 0 Å². The van der Waals surface area contributed by atoms with Gasteiger partial charge < -0.3 is 9.84 Å². The van der Waals surface area contributed by atoms with Gasteiger partial charge in [-0.3, -0.25) is 0 Å². The third-order valence-electron chi connectivity index (χ3n) is 3.91. The Balaban J connectivity index is 2.74. The third-order valence-corrected chi connectivity index (χ3v) is 3.91. The van der Waals surface area contributed by atoms with Crippen LogP contribution < -0.4 is 0 Å². The molecule has 0 saturated heterocycles. The summed E-state index contributed by atoms with van der Waals surface area (Å²) in [6.07, 6.45) is 2.22. The molecule has 2 aromatic carbocycles. The normalized spacial score (nSPS) is 13.9. The molecule has 2 aromatic rings. The number of aryl methyl sites for hydroxylation is 2. The van der Waals surface area contributed by atoms with Crippen LogP contribution >= 0.6 is 0 Å². The first-order valence-electron chi connectivity index (χ1n) is 7.03. The molecular weight excluding hydrogens is 260 g/mol. The summed E-state index contributed by atoms with van der Waals surface area (Å²) in [4.78, 5) is 0. The van der Waals surface area contributed by atoms with Crippen molar-refractivity contribution >= 4 is 16.8 Å². The van der Waals surface area contributed by atoms with Gasteiger partial charge in [0, 0.05) is 7.11 Å². The van der Waals surface area contributed by atoms with E-state index >= 15 is 0 Å². The minimum absolute atomic E-state index is 0.439. The fourth-order valence-corrected chi connectivity index (χ4v) is 2.77. The zero-order chi connectivity index (χ0) is 15.6. The molecule has 0 bridgehead atoms. The molecule has 0 saturated carbocycles. The van der Waals surface area contributed by atoms with E-state index in [1.54, 1.807) is 19.3 Å². The van der Waals surface area contributed by atoms with E-state index < -0.39 is 12.2 Å². The molecule has 0 aliphatic heterocycles. The second-order valence-electron chi connectivity index (χ2n) is 5.33. The molecule has 2 heteroatoms. The second-order valence-corrected chi connectivity index (χ2v) is 5.33. The molecule has 0 amide bonds. The van der Waals surface area contributed by atoms with Gasteiger partial charge in [0.2, 0.25) is 0 Å². The number of aliphatic hydroxyl groups excluding tert-OH is 1. The molecule has 0 aliphatic rings. The largest absolute Gasteiger partial charge is 0.385 e. The van der Waals surface area contributed by atoms with Crippen LogP contribution in [0.5, 0.6) is 0 Å². The van der Waals surface area contributed by atoms with E-state index in [2.05, 4.69) is 45.2 Å². The number of hydrogen-bond donors (Lipinski definition) is 1. The highest BCUT2D eigenvalue weighted by Crippen LogP contribution is 2.33. The van der Waals surface area contributed by atoms with Crippen molar-refractivity contribution in [2.24, 2.45) is 0 Å². The van der Waals surface area contributed by atoms with Crippen LogP contribution in [-0.2, 0) is 4.74 Å². The third kappa shape index (κ3) is 2.78. The van der Waals surface area contributed by atoms with Crippen molar-refractivity contribution < 1.29 is 9.84 Å². The van der Waals surface area contributed by atoms with Gasteiger partial charge in [-0.05, 0) is 41.3 Å². The maximum atomic E-state index is 10.6. The molecule has 1 N–H and O–H groups in total. The first-order chi connectivity index (χ1) is 10.0. The predicted molar refractivity (Wildman–Crippen MR) is 89.5 cm³/mol. The Labute approximate surface area is 126 Å². The Morgan fingerprint density at radius 3 is 2.43 bits per heavy atom. The molecule has 2 nitrogen and oxygen atoms in total. The van der Waals surface area contributed by atoms with E-state index in [4.69, 9.17) is 4.74 Å². The average molecular weight is 282 g/mol. The minimum atomic E-state index is -0.760. The predicted octanol–water partition coefficient (Wildman–Crippen LogP) is 4.33. The van der Waals surface area contributed by atoms with Crippen LogP contribution in [0.15, 0.2) is 43.5 Å². The summed E-state index contributed by atoms with van der Waals surface area (Å²) >= 11 is 0. The van der Waals surface area contributed by atoms with Gasteiger partial charge >= 0.3 is 0 Å². The molecular formula is C19H22O2. The lowest BCUT2D eigenvalue weighted by Crippen LogP contribution is -2.19. The van der Waals surface area contributed by atoms with Crippen molar-refractivity contribution in [3.63, 3.8) is 0 Å². The van der Waals surface area contributed by atoms with Crippen molar-refractivity contribution in [3.8, 4) is 0 Å². The molecule has 0 aliphatic carbocycles. The summed E-state index contributed by atoms with van der Waals surface area (Å²) in [5, 5.41) is 12.9. The van der Waals surface area contributed by atoms with E-state index in [-0.39, 0.29) is 0 Å². The lowest BCUT2D eigenvalue weighted by molar-refractivity contribution is 0.0162. The fourth-order valence-electron chi connectivity index (χ4n) is 2.77. The second kappa shape index (κ2) is 6.25. The summed E-state index contributed by atoms with van der Waals surface area (Å²) in [5.74, 6) is 0. The van der Waals surface area contributed by atoms with Crippen molar-refractivity contribution in [3.05, 3.63) is 65.8 Å². The summed E-state index contributed by atoms with van der Waals surface area (Å²) in [6, 6.07) is 8.35. The summed E-state index contributed by atoms with van der Waals surface area (Å²) in [7, 11) is 1.57. The molecule has 0 unspecified atom stereocenters. The zero-order valence-corrected chi connectivity index (χ0v) is 12.9. The Bertz CT molecular complexity index is 686. The quantitative estimate of drug-likeness (QED) is 0.827. The number of aliphatic hydroxyl groups is 1. The van der Waals surface area contributed by atoms with Gasteiger partial charge in [-0.2, -0.15) is 0 Å². The molecule has 21 heavy (non-hydrogen) atoms. The smallest absolute Gasteiger partial charge is 0.109 e. The van der Waals surface area contributed by atoms with Crippen LogP contribution in [0, 0.1) is 13.8 Å². The monoisotopic (exact) mass is 282 g/mol. The lowest BCUT2D eigenvalue weighted by Gasteiger charge is -2.22. The standard InChI is InChI=1S/C19H22O2/c1-6-14-16-10-12(3)8-9-15(16)13(4)11-17(14)19(20)18(7-2)21-5/h6-11,18-20H,1-2H2,3-5H3/t18-,19-/m1/s1. The fraction of sp³-hybridized carbons (Fsp3) is 0.263. The molecule has 0 heterocycles. The van der Waals surface area contributed by atoms with Crippen LogP contribution in [-0.4, -0.2) is 18.3 Å². The minimum Gasteiger partial charge on any atom is -0.385 e. The van der Waals surface area contributed by atoms with Gasteiger partial charge in [-0.25, -0.2) is 0 Å². The van der Waals surface area contributed by atoms with E-state index in [1.165, 1.54) is 10.9 Å². The van der Waals surface area contributed by atoms with E-state index in [0.717, 1.165) is 22.1 Å². The average Bonchev–Trinajstić information content (AvgIpc) is 2.47. The topological polar surface area (TPSA) is 29.5 Å². The first-order valence-corrected chi connectivity index (χ1v) is 7.03. The maximum absolute atomic E-state index is 10.6. The van der Waals surface area contributed by atoms with Gasteiger partial charge in [-0.1, -0.05) is 48.6 Å².